The summed E-state index contributed by atoms with van der Waals surface area (Å²) in [6.45, 7) is 4.55. The molecule has 1 fully saturated rings. The molecule has 2 aliphatic rings. The highest BCUT2D eigenvalue weighted by Crippen LogP contribution is 2.26. The predicted octanol–water partition coefficient (Wildman–Crippen LogP) is 1.47. The molecule has 2 aromatic heterocycles. The summed E-state index contributed by atoms with van der Waals surface area (Å²) in [4.78, 5) is 19.5. The lowest BCUT2D eigenvalue weighted by molar-refractivity contribution is 0.0927. The van der Waals surface area contributed by atoms with Crippen LogP contribution in [0.4, 0.5) is 5.82 Å². The van der Waals surface area contributed by atoms with E-state index in [9.17, 15) is 10.1 Å². The van der Waals surface area contributed by atoms with E-state index in [-0.39, 0.29) is 11.9 Å². The molecule has 8 heteroatoms. The molecule has 2 aromatic rings. The topological polar surface area (TPSA) is 96.1 Å². The molecule has 146 valence electrons. The molecule has 1 saturated heterocycles. The van der Waals surface area contributed by atoms with E-state index < -0.39 is 0 Å². The third-order valence-electron chi connectivity index (χ3n) is 5.43. The van der Waals surface area contributed by atoms with Gasteiger partial charge in [0.2, 0.25) is 0 Å². The van der Waals surface area contributed by atoms with Crippen LogP contribution in [0.3, 0.4) is 0 Å². The third-order valence-corrected chi connectivity index (χ3v) is 5.43. The molecule has 4 rings (SSSR count). The van der Waals surface area contributed by atoms with Crippen molar-refractivity contribution in [2.45, 2.75) is 38.8 Å². The lowest BCUT2D eigenvalue weighted by Crippen LogP contribution is -2.48. The van der Waals surface area contributed by atoms with Crippen LogP contribution in [0, 0.1) is 18.3 Å². The number of fused-ring (bicyclic) bond motifs is 1. The smallest absolute Gasteiger partial charge is 0.272 e. The Morgan fingerprint density at radius 1 is 1.43 bits per heavy atom. The minimum Gasteiger partial charge on any atom is -0.376 e. The molecule has 1 amide bonds. The first kappa shape index (κ1) is 18.4. The van der Waals surface area contributed by atoms with Gasteiger partial charge in [0, 0.05) is 43.9 Å². The van der Waals surface area contributed by atoms with Gasteiger partial charge in [-0.3, -0.25) is 9.48 Å². The van der Waals surface area contributed by atoms with Crippen LogP contribution in [0.25, 0.3) is 0 Å². The summed E-state index contributed by atoms with van der Waals surface area (Å²) in [5.41, 5.74) is 3.95. The van der Waals surface area contributed by atoms with Gasteiger partial charge in [-0.15, -0.1) is 0 Å². The standard InChI is InChI=1S/C20H24N6O2/c1-13-8-18(24-25(13)2)20(27)22-16-4-3-6-26(11-16)19-14(10-21)9-15-12-28-7-5-17(15)23-19/h8-9,16H,3-7,11-12H2,1-2H3,(H,22,27). The van der Waals surface area contributed by atoms with E-state index in [0.717, 1.165) is 48.6 Å². The van der Waals surface area contributed by atoms with Gasteiger partial charge in [-0.25, -0.2) is 4.98 Å². The number of aryl methyl sites for hydroxylation is 2. The van der Waals surface area contributed by atoms with Gasteiger partial charge in [-0.2, -0.15) is 10.4 Å². The molecular weight excluding hydrogens is 356 g/mol. The number of carbonyl (C=O) groups is 1. The Hall–Kier alpha value is -2.92. The van der Waals surface area contributed by atoms with Crippen molar-refractivity contribution < 1.29 is 9.53 Å². The number of anilines is 1. The number of aromatic nitrogens is 3. The monoisotopic (exact) mass is 380 g/mol. The molecular formula is C20H24N6O2. The van der Waals surface area contributed by atoms with Crippen molar-refractivity contribution in [3.05, 3.63) is 40.3 Å². The van der Waals surface area contributed by atoms with Crippen LogP contribution < -0.4 is 10.2 Å². The fourth-order valence-corrected chi connectivity index (χ4v) is 3.82. The van der Waals surface area contributed by atoms with Crippen molar-refractivity contribution in [1.29, 1.82) is 5.26 Å². The molecule has 4 heterocycles. The van der Waals surface area contributed by atoms with Crippen molar-refractivity contribution in [2.75, 3.05) is 24.6 Å². The number of hydrogen-bond acceptors (Lipinski definition) is 6. The third kappa shape index (κ3) is 3.58. The number of hydrogen-bond donors (Lipinski definition) is 1. The molecule has 28 heavy (non-hydrogen) atoms. The fraction of sp³-hybridized carbons (Fsp3) is 0.500. The summed E-state index contributed by atoms with van der Waals surface area (Å²) in [5, 5.41) is 16.9. The van der Waals surface area contributed by atoms with Gasteiger partial charge in [0.1, 0.15) is 17.6 Å². The van der Waals surface area contributed by atoms with Crippen molar-refractivity contribution in [2.24, 2.45) is 7.05 Å². The van der Waals surface area contributed by atoms with E-state index >= 15 is 0 Å². The normalized spacial score (nSPS) is 19.0. The summed E-state index contributed by atoms with van der Waals surface area (Å²) >= 11 is 0. The number of rotatable bonds is 3. The van der Waals surface area contributed by atoms with Crippen LogP contribution in [-0.4, -0.2) is 46.4 Å². The van der Waals surface area contributed by atoms with Gasteiger partial charge in [0.25, 0.3) is 5.91 Å². The predicted molar refractivity (Wildman–Crippen MR) is 103 cm³/mol. The second-order valence-electron chi connectivity index (χ2n) is 7.43. The zero-order valence-corrected chi connectivity index (χ0v) is 16.2. The largest absolute Gasteiger partial charge is 0.376 e. The van der Waals surface area contributed by atoms with Crippen molar-refractivity contribution >= 4 is 11.7 Å². The Labute approximate surface area is 164 Å². The highest BCUT2D eigenvalue weighted by Gasteiger charge is 2.26. The van der Waals surface area contributed by atoms with Gasteiger partial charge >= 0.3 is 0 Å². The number of pyridine rings is 1. The molecule has 1 atom stereocenters. The molecule has 1 unspecified atom stereocenters. The van der Waals surface area contributed by atoms with Crippen LogP contribution in [0.15, 0.2) is 12.1 Å². The summed E-state index contributed by atoms with van der Waals surface area (Å²) in [5.74, 6) is 0.558. The molecule has 0 bridgehead atoms. The maximum Gasteiger partial charge on any atom is 0.272 e. The van der Waals surface area contributed by atoms with Gasteiger partial charge in [0.05, 0.1) is 24.5 Å². The van der Waals surface area contributed by atoms with E-state index in [0.29, 0.717) is 31.0 Å². The first-order chi connectivity index (χ1) is 13.5. The number of nitrogens with zero attached hydrogens (tertiary/aromatic N) is 5. The van der Waals surface area contributed by atoms with Crippen molar-refractivity contribution in [1.82, 2.24) is 20.1 Å². The van der Waals surface area contributed by atoms with Gasteiger partial charge < -0.3 is 15.0 Å². The van der Waals surface area contributed by atoms with Crippen LogP contribution in [0.5, 0.6) is 0 Å². The van der Waals surface area contributed by atoms with E-state index in [1.165, 1.54) is 0 Å². The quantitative estimate of drug-likeness (QED) is 0.866. The molecule has 2 aliphatic heterocycles. The second-order valence-corrected chi connectivity index (χ2v) is 7.43. The zero-order valence-electron chi connectivity index (χ0n) is 16.2. The Balaban J connectivity index is 1.51. The fourth-order valence-electron chi connectivity index (χ4n) is 3.82. The van der Waals surface area contributed by atoms with Crippen LogP contribution in [-0.2, 0) is 24.8 Å². The second kappa shape index (κ2) is 7.60. The Morgan fingerprint density at radius 3 is 3.04 bits per heavy atom. The molecule has 8 nitrogen and oxygen atoms in total. The zero-order chi connectivity index (χ0) is 19.7. The molecule has 0 saturated carbocycles. The summed E-state index contributed by atoms with van der Waals surface area (Å²) in [7, 11) is 1.82. The number of amides is 1. The highest BCUT2D eigenvalue weighted by atomic mass is 16.5. The number of piperidine rings is 1. The minimum absolute atomic E-state index is 0.00345. The van der Waals surface area contributed by atoms with Gasteiger partial charge in [0.15, 0.2) is 0 Å². The van der Waals surface area contributed by atoms with Gasteiger partial charge in [-0.05, 0) is 31.9 Å². The number of ether oxygens (including phenoxy) is 1. The first-order valence-corrected chi connectivity index (χ1v) is 9.62. The summed E-state index contributed by atoms with van der Waals surface area (Å²) in [6, 6.07) is 5.96. The molecule has 0 aromatic carbocycles. The summed E-state index contributed by atoms with van der Waals surface area (Å²) < 4.78 is 7.17. The molecule has 1 N–H and O–H groups in total. The number of nitrogens with one attached hydrogen (secondary N) is 1. The Morgan fingerprint density at radius 2 is 2.29 bits per heavy atom. The average molecular weight is 380 g/mol. The lowest BCUT2D eigenvalue weighted by Gasteiger charge is -2.35. The minimum atomic E-state index is -0.161. The van der Waals surface area contributed by atoms with Gasteiger partial charge in [-0.1, -0.05) is 0 Å². The van der Waals surface area contributed by atoms with Crippen LogP contribution in [0.2, 0.25) is 0 Å². The van der Waals surface area contributed by atoms with Crippen molar-refractivity contribution in [3.63, 3.8) is 0 Å². The SMILES string of the molecule is Cc1cc(C(=O)NC2CCCN(c3nc4c(cc3C#N)COCC4)C2)nn1C. The lowest BCUT2D eigenvalue weighted by atomic mass is 10.0. The number of carbonyl (C=O) groups excluding carboxylic acids is 1. The van der Waals surface area contributed by atoms with Crippen LogP contribution in [0.1, 0.15) is 45.8 Å². The number of nitriles is 1. The Kier molecular flexibility index (Phi) is 5.01. The van der Waals surface area contributed by atoms with Crippen LogP contribution >= 0.6 is 0 Å². The maximum atomic E-state index is 12.5. The summed E-state index contributed by atoms with van der Waals surface area (Å²) in [6.07, 6.45) is 2.59. The average Bonchev–Trinajstić information content (AvgIpc) is 3.06. The molecule has 0 radical (unpaired) electrons. The molecule has 0 aliphatic carbocycles. The van der Waals surface area contributed by atoms with E-state index in [1.807, 2.05) is 20.0 Å². The van der Waals surface area contributed by atoms with E-state index in [1.54, 1.807) is 10.7 Å². The molecule has 0 spiro atoms. The maximum absolute atomic E-state index is 12.5. The van der Waals surface area contributed by atoms with E-state index in [4.69, 9.17) is 9.72 Å². The first-order valence-electron chi connectivity index (χ1n) is 9.62. The van der Waals surface area contributed by atoms with E-state index in [2.05, 4.69) is 21.4 Å². The van der Waals surface area contributed by atoms with Crippen molar-refractivity contribution in [3.8, 4) is 6.07 Å². The highest BCUT2D eigenvalue weighted by molar-refractivity contribution is 5.92. The Bertz CT molecular complexity index is 925.